The van der Waals surface area contributed by atoms with Crippen molar-refractivity contribution in [3.63, 3.8) is 0 Å². The molecule has 2 fully saturated rings. The van der Waals surface area contributed by atoms with Gasteiger partial charge in [0.2, 0.25) is 5.91 Å². The van der Waals surface area contributed by atoms with Crippen molar-refractivity contribution in [1.29, 1.82) is 0 Å². The Kier molecular flexibility index (Phi) is 6.12. The third-order valence-corrected chi connectivity index (χ3v) is 8.26. The van der Waals surface area contributed by atoms with E-state index in [9.17, 15) is 13.6 Å². The minimum Gasteiger partial charge on any atom is -0.497 e. The van der Waals surface area contributed by atoms with Crippen molar-refractivity contribution in [2.24, 2.45) is 11.3 Å². The van der Waals surface area contributed by atoms with E-state index in [1.807, 2.05) is 6.07 Å². The second kappa shape index (κ2) is 9.10. The highest BCUT2D eigenvalue weighted by molar-refractivity contribution is 5.86. The maximum absolute atomic E-state index is 14.1. The number of benzene rings is 3. The topological polar surface area (TPSA) is 38.3 Å². The summed E-state index contributed by atoms with van der Waals surface area (Å²) >= 11 is 0. The largest absolute Gasteiger partial charge is 0.497 e. The molecule has 4 atom stereocenters. The Morgan fingerprint density at radius 3 is 2.46 bits per heavy atom. The number of ether oxygens (including phenoxy) is 1. The number of rotatable bonds is 5. The van der Waals surface area contributed by atoms with Crippen LogP contribution < -0.4 is 10.1 Å². The number of aryl methyl sites for hydroxylation is 2. The van der Waals surface area contributed by atoms with Crippen molar-refractivity contribution in [3.8, 4) is 5.75 Å². The molecule has 5 rings (SSSR count). The predicted octanol–water partition coefficient (Wildman–Crippen LogP) is 6.23. The Morgan fingerprint density at radius 1 is 1.00 bits per heavy atom. The highest BCUT2D eigenvalue weighted by Crippen LogP contribution is 2.58. The maximum Gasteiger partial charge on any atom is 0.226 e. The Balaban J connectivity index is 1.60. The number of halogens is 2. The van der Waals surface area contributed by atoms with E-state index < -0.39 is 17.0 Å². The van der Waals surface area contributed by atoms with Gasteiger partial charge in [0.05, 0.1) is 12.5 Å². The summed E-state index contributed by atoms with van der Waals surface area (Å²) in [5, 5.41) is 3.14. The van der Waals surface area contributed by atoms with Crippen LogP contribution in [0.1, 0.15) is 52.5 Å². The Morgan fingerprint density at radius 2 is 1.77 bits per heavy atom. The van der Waals surface area contributed by atoms with E-state index in [1.165, 1.54) is 28.3 Å². The zero-order valence-corrected chi connectivity index (χ0v) is 20.4. The van der Waals surface area contributed by atoms with Crippen molar-refractivity contribution in [2.45, 2.75) is 44.9 Å². The summed E-state index contributed by atoms with van der Waals surface area (Å²) in [5.41, 5.74) is 4.86. The van der Waals surface area contributed by atoms with Gasteiger partial charge >= 0.3 is 0 Å². The lowest BCUT2D eigenvalue weighted by molar-refractivity contribution is -0.131. The Hall–Kier alpha value is -3.21. The van der Waals surface area contributed by atoms with E-state index >= 15 is 0 Å². The molecule has 1 heterocycles. The van der Waals surface area contributed by atoms with Crippen molar-refractivity contribution in [2.75, 3.05) is 13.7 Å². The smallest absolute Gasteiger partial charge is 0.226 e. The summed E-state index contributed by atoms with van der Waals surface area (Å²) in [6.07, 6.45) is 1.93. The van der Waals surface area contributed by atoms with E-state index in [4.69, 9.17) is 4.74 Å². The van der Waals surface area contributed by atoms with Gasteiger partial charge in [-0.05, 0) is 97.4 Å². The SMILES string of the molecule is COc1ccc([C@@H]2CC[C@@]3(Cc4ccc(F)c(F)c4)C(=O)NC[C@H]3[C@H]2c2ccc(C)cc2)c(C)c1. The molecule has 0 spiro atoms. The van der Waals surface area contributed by atoms with Crippen LogP contribution in [0.25, 0.3) is 0 Å². The molecule has 3 aromatic rings. The fourth-order valence-electron chi connectivity index (χ4n) is 6.49. The second-order valence-corrected chi connectivity index (χ2v) is 10.2. The van der Waals surface area contributed by atoms with Gasteiger partial charge in [0.1, 0.15) is 5.75 Å². The molecule has 3 nitrogen and oxygen atoms in total. The third kappa shape index (κ3) is 4.11. The first-order valence-corrected chi connectivity index (χ1v) is 12.3. The molecular weight excluding hydrogens is 444 g/mol. The van der Waals surface area contributed by atoms with Gasteiger partial charge in [-0.2, -0.15) is 0 Å². The van der Waals surface area contributed by atoms with E-state index in [0.717, 1.165) is 18.2 Å². The van der Waals surface area contributed by atoms with Crippen molar-refractivity contribution in [3.05, 3.63) is 100 Å². The van der Waals surface area contributed by atoms with Gasteiger partial charge in [-0.15, -0.1) is 0 Å². The van der Waals surface area contributed by atoms with Crippen LogP contribution in [-0.4, -0.2) is 19.6 Å². The van der Waals surface area contributed by atoms with Gasteiger partial charge in [-0.3, -0.25) is 4.79 Å². The predicted molar refractivity (Wildman–Crippen MR) is 133 cm³/mol. The van der Waals surface area contributed by atoms with Crippen molar-refractivity contribution in [1.82, 2.24) is 5.32 Å². The third-order valence-electron chi connectivity index (χ3n) is 8.26. The molecule has 0 bridgehead atoms. The van der Waals surface area contributed by atoms with Crippen LogP contribution >= 0.6 is 0 Å². The zero-order valence-electron chi connectivity index (χ0n) is 20.4. The van der Waals surface area contributed by atoms with Crippen molar-refractivity contribution >= 4 is 5.91 Å². The summed E-state index contributed by atoms with van der Waals surface area (Å²) in [5.74, 6) is -0.499. The van der Waals surface area contributed by atoms with Crippen LogP contribution in [0.4, 0.5) is 8.78 Å². The molecule has 1 N–H and O–H groups in total. The Labute approximate surface area is 205 Å². The number of amides is 1. The molecule has 5 heteroatoms. The first kappa shape index (κ1) is 23.5. The van der Waals surface area contributed by atoms with Crippen LogP contribution in [0, 0.1) is 36.8 Å². The molecule has 1 saturated heterocycles. The van der Waals surface area contributed by atoms with Gasteiger partial charge in [-0.25, -0.2) is 8.78 Å². The molecule has 0 aromatic heterocycles. The van der Waals surface area contributed by atoms with Crippen LogP contribution in [0.2, 0.25) is 0 Å². The molecule has 0 radical (unpaired) electrons. The van der Waals surface area contributed by atoms with E-state index in [1.54, 1.807) is 13.2 Å². The molecular formula is C30H31F2NO2. The van der Waals surface area contributed by atoms with Gasteiger partial charge in [0.15, 0.2) is 11.6 Å². The summed E-state index contributed by atoms with van der Waals surface area (Å²) < 4.78 is 33.1. The fraction of sp³-hybridized carbons (Fsp3) is 0.367. The molecule has 1 saturated carbocycles. The number of nitrogens with one attached hydrogen (secondary N) is 1. The van der Waals surface area contributed by atoms with E-state index in [-0.39, 0.29) is 23.7 Å². The molecule has 35 heavy (non-hydrogen) atoms. The molecule has 182 valence electrons. The summed E-state index contributed by atoms with van der Waals surface area (Å²) in [7, 11) is 1.67. The number of carbonyl (C=O) groups excluding carboxylic acids is 1. The number of methoxy groups -OCH3 is 1. The average Bonchev–Trinajstić information content (AvgIpc) is 3.17. The minimum absolute atomic E-state index is 0.0225. The maximum atomic E-state index is 14.1. The van der Waals surface area contributed by atoms with E-state index in [2.05, 4.69) is 55.6 Å². The molecule has 3 aromatic carbocycles. The van der Waals surface area contributed by atoms with Crippen LogP contribution in [-0.2, 0) is 11.2 Å². The summed E-state index contributed by atoms with van der Waals surface area (Å²) in [6.45, 7) is 4.77. The lowest BCUT2D eigenvalue weighted by Gasteiger charge is -2.47. The normalized spacial score (nSPS) is 25.7. The average molecular weight is 476 g/mol. The summed E-state index contributed by atoms with van der Waals surface area (Å²) in [4.78, 5) is 13.4. The standard InChI is InChI=1S/C30H31F2NO2/c1-18-4-7-21(8-5-18)28-24(23-10-9-22(35-3)14-19(23)2)12-13-30(25(28)17-33-29(30)34)16-20-6-11-26(31)27(32)15-20/h4-11,14-15,24-25,28H,12-13,16-17H2,1-3H3,(H,33,34)/t24-,25-,28-,30-/m0/s1. The highest BCUT2D eigenvalue weighted by atomic mass is 19.2. The van der Waals surface area contributed by atoms with Gasteiger partial charge < -0.3 is 10.1 Å². The number of carbonyl (C=O) groups is 1. The number of hydrogen-bond acceptors (Lipinski definition) is 2. The quantitative estimate of drug-likeness (QED) is 0.475. The zero-order chi connectivity index (χ0) is 24.7. The Bertz CT molecular complexity index is 1260. The lowest BCUT2D eigenvalue weighted by atomic mass is 9.54. The molecule has 0 unspecified atom stereocenters. The lowest BCUT2D eigenvalue weighted by Crippen LogP contribution is -2.44. The first-order valence-electron chi connectivity index (χ1n) is 12.3. The summed E-state index contributed by atoms with van der Waals surface area (Å²) in [6, 6.07) is 18.9. The van der Waals surface area contributed by atoms with Crippen LogP contribution in [0.5, 0.6) is 5.75 Å². The van der Waals surface area contributed by atoms with Crippen LogP contribution in [0.3, 0.4) is 0 Å². The molecule has 1 amide bonds. The van der Waals surface area contributed by atoms with E-state index in [0.29, 0.717) is 24.9 Å². The molecule has 1 aliphatic heterocycles. The molecule has 2 aliphatic rings. The monoisotopic (exact) mass is 475 g/mol. The van der Waals surface area contributed by atoms with Crippen LogP contribution in [0.15, 0.2) is 60.7 Å². The number of fused-ring (bicyclic) bond motifs is 1. The molecule has 1 aliphatic carbocycles. The van der Waals surface area contributed by atoms with Crippen molar-refractivity contribution < 1.29 is 18.3 Å². The second-order valence-electron chi connectivity index (χ2n) is 10.2. The van der Waals surface area contributed by atoms with Gasteiger partial charge in [-0.1, -0.05) is 42.0 Å². The fourth-order valence-corrected chi connectivity index (χ4v) is 6.49. The number of hydrogen-bond donors (Lipinski definition) is 1. The highest BCUT2D eigenvalue weighted by Gasteiger charge is 2.57. The van der Waals surface area contributed by atoms with Gasteiger partial charge in [0, 0.05) is 6.54 Å². The first-order chi connectivity index (χ1) is 16.8. The van der Waals surface area contributed by atoms with Gasteiger partial charge in [0.25, 0.3) is 0 Å². The minimum atomic E-state index is -0.869.